The number of carbonyl (C=O) groups excluding carboxylic acids is 1. The lowest BCUT2D eigenvalue weighted by Gasteiger charge is -2.18. The Morgan fingerprint density at radius 3 is 2.74 bits per heavy atom. The van der Waals surface area contributed by atoms with Crippen LogP contribution in [-0.4, -0.2) is 17.0 Å². The molecular weight excluding hydrogens is 310 g/mol. The van der Waals surface area contributed by atoms with Crippen molar-refractivity contribution in [2.45, 2.75) is 19.3 Å². The van der Waals surface area contributed by atoms with Gasteiger partial charge in [-0.1, -0.05) is 28.1 Å². The summed E-state index contributed by atoms with van der Waals surface area (Å²) in [6.07, 6.45) is 6.46. The maximum absolute atomic E-state index is 12.1. The smallest absolute Gasteiger partial charge is 0.337 e. The summed E-state index contributed by atoms with van der Waals surface area (Å²) in [7, 11) is 0. The molecule has 0 saturated heterocycles. The number of rotatable bonds is 3. The first-order valence-electron chi connectivity index (χ1n) is 6.06. The SMILES string of the molecule is O=C(O)c1ccc(Br)cc1NC(=O)C1CC=CCC1. The maximum atomic E-state index is 12.1. The van der Waals surface area contributed by atoms with E-state index in [1.165, 1.54) is 6.07 Å². The van der Waals surface area contributed by atoms with Crippen LogP contribution in [-0.2, 0) is 4.79 Å². The zero-order valence-electron chi connectivity index (χ0n) is 10.2. The highest BCUT2D eigenvalue weighted by atomic mass is 79.9. The first kappa shape index (κ1) is 13.8. The van der Waals surface area contributed by atoms with Gasteiger partial charge in [0.1, 0.15) is 0 Å². The Bertz CT molecular complexity index is 539. The van der Waals surface area contributed by atoms with Gasteiger partial charge in [-0.25, -0.2) is 4.79 Å². The third kappa shape index (κ3) is 3.44. The highest BCUT2D eigenvalue weighted by Gasteiger charge is 2.20. The van der Waals surface area contributed by atoms with E-state index in [0.29, 0.717) is 12.1 Å². The third-order valence-corrected chi connectivity index (χ3v) is 3.60. The van der Waals surface area contributed by atoms with Crippen LogP contribution >= 0.6 is 15.9 Å². The van der Waals surface area contributed by atoms with Crippen LogP contribution in [0.15, 0.2) is 34.8 Å². The third-order valence-electron chi connectivity index (χ3n) is 3.11. The van der Waals surface area contributed by atoms with E-state index in [4.69, 9.17) is 5.11 Å². The molecule has 100 valence electrons. The molecule has 4 nitrogen and oxygen atoms in total. The highest BCUT2D eigenvalue weighted by molar-refractivity contribution is 9.10. The number of aromatic carboxylic acids is 1. The van der Waals surface area contributed by atoms with Gasteiger partial charge in [-0.05, 0) is 37.5 Å². The Morgan fingerprint density at radius 2 is 2.11 bits per heavy atom. The molecule has 1 aliphatic rings. The minimum atomic E-state index is -1.05. The van der Waals surface area contributed by atoms with Gasteiger partial charge in [-0.2, -0.15) is 0 Å². The lowest BCUT2D eigenvalue weighted by Crippen LogP contribution is -2.24. The van der Waals surface area contributed by atoms with Crippen LogP contribution in [0, 0.1) is 5.92 Å². The number of halogens is 1. The van der Waals surface area contributed by atoms with Crippen LogP contribution in [0.4, 0.5) is 5.69 Å². The molecule has 0 aromatic heterocycles. The zero-order valence-corrected chi connectivity index (χ0v) is 11.8. The molecule has 1 aromatic carbocycles. The second-order valence-corrected chi connectivity index (χ2v) is 5.38. The number of amides is 1. The van der Waals surface area contributed by atoms with Crippen molar-refractivity contribution < 1.29 is 14.7 Å². The number of nitrogens with one attached hydrogen (secondary N) is 1. The molecule has 0 spiro atoms. The Hall–Kier alpha value is -1.62. The summed E-state index contributed by atoms with van der Waals surface area (Å²) in [6.45, 7) is 0. The zero-order chi connectivity index (χ0) is 13.8. The summed E-state index contributed by atoms with van der Waals surface area (Å²) in [6, 6.07) is 4.73. The molecule has 5 heteroatoms. The molecule has 0 radical (unpaired) electrons. The first-order valence-corrected chi connectivity index (χ1v) is 6.86. The lowest BCUT2D eigenvalue weighted by molar-refractivity contribution is -0.120. The fourth-order valence-corrected chi connectivity index (χ4v) is 2.43. The van der Waals surface area contributed by atoms with Gasteiger partial charge in [-0.3, -0.25) is 4.79 Å². The molecule has 1 aromatic rings. The van der Waals surface area contributed by atoms with Gasteiger partial charge in [-0.15, -0.1) is 0 Å². The average molecular weight is 324 g/mol. The predicted octanol–water partition coefficient (Wildman–Crippen LogP) is 3.44. The van der Waals surface area contributed by atoms with Crippen molar-refractivity contribution in [1.29, 1.82) is 0 Å². The van der Waals surface area contributed by atoms with E-state index in [0.717, 1.165) is 17.3 Å². The molecule has 0 fully saturated rings. The second-order valence-electron chi connectivity index (χ2n) is 4.47. The van der Waals surface area contributed by atoms with E-state index in [9.17, 15) is 9.59 Å². The van der Waals surface area contributed by atoms with Crippen LogP contribution in [0.3, 0.4) is 0 Å². The van der Waals surface area contributed by atoms with Gasteiger partial charge in [0.2, 0.25) is 5.91 Å². The number of carboxylic acids is 1. The number of carbonyl (C=O) groups is 2. The van der Waals surface area contributed by atoms with Gasteiger partial charge in [0.05, 0.1) is 11.3 Å². The summed E-state index contributed by atoms with van der Waals surface area (Å²) < 4.78 is 0.733. The predicted molar refractivity (Wildman–Crippen MR) is 76.2 cm³/mol. The highest BCUT2D eigenvalue weighted by Crippen LogP contribution is 2.24. The molecule has 1 amide bonds. The monoisotopic (exact) mass is 323 g/mol. The van der Waals surface area contributed by atoms with Gasteiger partial charge in [0.25, 0.3) is 0 Å². The Morgan fingerprint density at radius 1 is 1.32 bits per heavy atom. The average Bonchev–Trinajstić information content (AvgIpc) is 2.39. The molecular formula is C14H14BrNO3. The van der Waals surface area contributed by atoms with Crippen LogP contribution in [0.1, 0.15) is 29.6 Å². The maximum Gasteiger partial charge on any atom is 0.337 e. The number of hydrogen-bond donors (Lipinski definition) is 2. The molecule has 0 aliphatic heterocycles. The van der Waals surface area contributed by atoms with Crippen LogP contribution in [0.25, 0.3) is 0 Å². The van der Waals surface area contributed by atoms with E-state index >= 15 is 0 Å². The molecule has 2 rings (SSSR count). The molecule has 1 aliphatic carbocycles. The molecule has 0 bridgehead atoms. The van der Waals surface area contributed by atoms with Crippen molar-refractivity contribution in [2.24, 2.45) is 5.92 Å². The standard InChI is InChI=1S/C14H14BrNO3/c15-10-6-7-11(14(18)19)12(8-10)16-13(17)9-4-2-1-3-5-9/h1-2,6-9H,3-5H2,(H,16,17)(H,18,19). The van der Waals surface area contributed by atoms with Crippen LogP contribution in [0.2, 0.25) is 0 Å². The largest absolute Gasteiger partial charge is 0.478 e. The van der Waals surface area contributed by atoms with Crippen molar-refractivity contribution in [3.05, 3.63) is 40.4 Å². The molecule has 19 heavy (non-hydrogen) atoms. The van der Waals surface area contributed by atoms with E-state index < -0.39 is 5.97 Å². The van der Waals surface area contributed by atoms with E-state index in [-0.39, 0.29) is 17.4 Å². The van der Waals surface area contributed by atoms with Crippen molar-refractivity contribution in [3.8, 4) is 0 Å². The van der Waals surface area contributed by atoms with Crippen LogP contribution in [0.5, 0.6) is 0 Å². The minimum Gasteiger partial charge on any atom is -0.478 e. The number of anilines is 1. The van der Waals surface area contributed by atoms with Crippen molar-refractivity contribution in [3.63, 3.8) is 0 Å². The fourth-order valence-electron chi connectivity index (χ4n) is 2.07. The Labute approximate surface area is 119 Å². The topological polar surface area (TPSA) is 66.4 Å². The summed E-state index contributed by atoms with van der Waals surface area (Å²) in [5.41, 5.74) is 0.435. The minimum absolute atomic E-state index is 0.0781. The summed E-state index contributed by atoms with van der Waals surface area (Å²) in [5.74, 6) is -1.25. The van der Waals surface area contributed by atoms with Crippen LogP contribution < -0.4 is 5.32 Å². The quantitative estimate of drug-likeness (QED) is 0.837. The van der Waals surface area contributed by atoms with Crippen molar-refractivity contribution in [1.82, 2.24) is 0 Å². The molecule has 0 saturated carbocycles. The lowest BCUT2D eigenvalue weighted by atomic mass is 9.93. The summed E-state index contributed by atoms with van der Waals surface area (Å²) >= 11 is 3.28. The molecule has 0 heterocycles. The normalized spacial score (nSPS) is 18.1. The van der Waals surface area contributed by atoms with E-state index in [2.05, 4.69) is 27.3 Å². The number of hydrogen-bond acceptors (Lipinski definition) is 2. The van der Waals surface area contributed by atoms with Gasteiger partial charge < -0.3 is 10.4 Å². The molecule has 2 N–H and O–H groups in total. The Balaban J connectivity index is 2.17. The van der Waals surface area contributed by atoms with E-state index in [1.807, 2.05) is 6.08 Å². The molecule has 1 atom stereocenters. The fraction of sp³-hybridized carbons (Fsp3) is 0.286. The first-order chi connectivity index (χ1) is 9.08. The van der Waals surface area contributed by atoms with Gasteiger partial charge in [0.15, 0.2) is 0 Å². The number of benzene rings is 1. The summed E-state index contributed by atoms with van der Waals surface area (Å²) in [5, 5.41) is 11.8. The number of carboxylic acid groups (broad SMARTS) is 1. The Kier molecular flexibility index (Phi) is 4.37. The van der Waals surface area contributed by atoms with Gasteiger partial charge in [0, 0.05) is 10.4 Å². The molecule has 1 unspecified atom stereocenters. The number of allylic oxidation sites excluding steroid dienone is 2. The van der Waals surface area contributed by atoms with Gasteiger partial charge >= 0.3 is 5.97 Å². The van der Waals surface area contributed by atoms with Crippen molar-refractivity contribution in [2.75, 3.05) is 5.32 Å². The summed E-state index contributed by atoms with van der Waals surface area (Å²) in [4.78, 5) is 23.2. The van der Waals surface area contributed by atoms with Crippen molar-refractivity contribution >= 4 is 33.5 Å². The van der Waals surface area contributed by atoms with E-state index in [1.54, 1.807) is 12.1 Å². The second kappa shape index (κ2) is 6.02.